The monoisotopic (exact) mass is 652 g/mol. The zero-order valence-electron chi connectivity index (χ0n) is 27.0. The van der Waals surface area contributed by atoms with E-state index in [9.17, 15) is 0 Å². The van der Waals surface area contributed by atoms with Crippen LogP contribution < -0.4 is 0 Å². The van der Waals surface area contributed by atoms with Crippen molar-refractivity contribution in [3.8, 4) is 28.7 Å². The van der Waals surface area contributed by atoms with Crippen LogP contribution in [0.1, 0.15) is 0 Å². The molecule has 8 aromatic carbocycles. The van der Waals surface area contributed by atoms with Gasteiger partial charge in [-0.25, -0.2) is 4.98 Å². The Kier molecular flexibility index (Phi) is 5.14. The summed E-state index contributed by atoms with van der Waals surface area (Å²) < 4.78 is 15.1. The molecule has 0 spiro atoms. The number of rotatable bonds is 3. The van der Waals surface area contributed by atoms with Gasteiger partial charge in [-0.1, -0.05) is 109 Å². The van der Waals surface area contributed by atoms with Crippen LogP contribution in [0.25, 0.3) is 116 Å². The van der Waals surface area contributed by atoms with Crippen LogP contribution >= 0.6 is 0 Å². The van der Waals surface area contributed by atoms with E-state index in [2.05, 4.69) is 89.5 Å². The summed E-state index contributed by atoms with van der Waals surface area (Å²) in [5, 5.41) is 11.2. The lowest BCUT2D eigenvalue weighted by Gasteiger charge is -2.11. The van der Waals surface area contributed by atoms with Gasteiger partial charge >= 0.3 is 0 Å². The number of hydrogen-bond donors (Lipinski definition) is 0. The maximum Gasteiger partial charge on any atom is 0.238 e. The molecule has 0 amide bonds. The lowest BCUT2D eigenvalue weighted by Crippen LogP contribution is -2.06. The zero-order chi connectivity index (χ0) is 33.2. The molecular formula is C45H24N4O2. The SMILES string of the molecule is c1ccc(-c2nc(-c3cccc4oc5ccccc5c34)nc(-n3c4cccc5c6ccccc6c6cccc7oc8ccc3c(c8c76)c54)n2)cc1. The van der Waals surface area contributed by atoms with E-state index in [1.807, 2.05) is 60.7 Å². The van der Waals surface area contributed by atoms with Crippen molar-refractivity contribution in [1.82, 2.24) is 19.5 Å². The van der Waals surface area contributed by atoms with Gasteiger partial charge in [-0.2, -0.15) is 9.97 Å². The molecule has 0 aliphatic heterocycles. The highest BCUT2D eigenvalue weighted by Crippen LogP contribution is 2.47. The van der Waals surface area contributed by atoms with Gasteiger partial charge in [0.15, 0.2) is 11.6 Å². The molecule has 12 aromatic rings. The first-order valence-corrected chi connectivity index (χ1v) is 17.0. The van der Waals surface area contributed by atoms with Crippen LogP contribution in [0.15, 0.2) is 154 Å². The van der Waals surface area contributed by atoms with E-state index >= 15 is 0 Å². The predicted octanol–water partition coefficient (Wildman–Crippen LogP) is 11.8. The maximum atomic E-state index is 6.57. The number of furan rings is 2. The van der Waals surface area contributed by atoms with Crippen molar-refractivity contribution < 1.29 is 8.83 Å². The average Bonchev–Trinajstić information content (AvgIpc) is 3.87. The van der Waals surface area contributed by atoms with Crippen LogP contribution in [0, 0.1) is 0 Å². The van der Waals surface area contributed by atoms with Crippen LogP contribution in [0.2, 0.25) is 0 Å². The van der Waals surface area contributed by atoms with Crippen molar-refractivity contribution in [2.45, 2.75) is 0 Å². The van der Waals surface area contributed by atoms with Gasteiger partial charge in [-0.15, -0.1) is 0 Å². The summed E-state index contributed by atoms with van der Waals surface area (Å²) in [7, 11) is 0. The number of nitrogens with zero attached hydrogens (tertiary/aromatic N) is 4. The predicted molar refractivity (Wildman–Crippen MR) is 206 cm³/mol. The number of hydrogen-bond acceptors (Lipinski definition) is 5. The summed E-state index contributed by atoms with van der Waals surface area (Å²) >= 11 is 0. The first-order chi connectivity index (χ1) is 25.3. The van der Waals surface area contributed by atoms with Crippen molar-refractivity contribution in [2.24, 2.45) is 0 Å². The van der Waals surface area contributed by atoms with Gasteiger partial charge < -0.3 is 8.83 Å². The minimum atomic E-state index is 0.542. The third kappa shape index (κ3) is 3.57. The highest BCUT2D eigenvalue weighted by atomic mass is 16.3. The fourth-order valence-corrected chi connectivity index (χ4v) is 8.34. The molecule has 4 heterocycles. The van der Waals surface area contributed by atoms with Crippen LogP contribution in [0.3, 0.4) is 0 Å². The van der Waals surface area contributed by atoms with E-state index in [1.54, 1.807) is 0 Å². The number of fused-ring (bicyclic) bond motifs is 6. The third-order valence-electron chi connectivity index (χ3n) is 10.4. The van der Waals surface area contributed by atoms with Gasteiger partial charge in [0.25, 0.3) is 0 Å². The average molecular weight is 653 g/mol. The van der Waals surface area contributed by atoms with Gasteiger partial charge in [-0.3, -0.25) is 4.57 Å². The van der Waals surface area contributed by atoms with Crippen LogP contribution in [-0.4, -0.2) is 19.5 Å². The Morgan fingerprint density at radius 3 is 1.78 bits per heavy atom. The molecule has 0 saturated carbocycles. The molecule has 12 rings (SSSR count). The lowest BCUT2D eigenvalue weighted by molar-refractivity contribution is 0.669. The van der Waals surface area contributed by atoms with Gasteiger partial charge in [0, 0.05) is 43.4 Å². The molecule has 0 fully saturated rings. The summed E-state index contributed by atoms with van der Waals surface area (Å²) in [4.78, 5) is 15.7. The van der Waals surface area contributed by atoms with Crippen molar-refractivity contribution >= 4 is 87.2 Å². The molecule has 0 saturated heterocycles. The number of aromatic nitrogens is 4. The summed E-state index contributed by atoms with van der Waals surface area (Å²) in [6, 6.07) is 50.1. The molecule has 0 unspecified atom stereocenters. The van der Waals surface area contributed by atoms with E-state index < -0.39 is 0 Å². The van der Waals surface area contributed by atoms with Crippen LogP contribution in [0.5, 0.6) is 0 Å². The van der Waals surface area contributed by atoms with E-state index in [0.717, 1.165) is 82.2 Å². The van der Waals surface area contributed by atoms with E-state index in [4.69, 9.17) is 23.8 Å². The van der Waals surface area contributed by atoms with Gasteiger partial charge in [-0.05, 0) is 57.9 Å². The van der Waals surface area contributed by atoms with Crippen LogP contribution in [-0.2, 0) is 0 Å². The molecule has 0 radical (unpaired) electrons. The Morgan fingerprint density at radius 2 is 0.941 bits per heavy atom. The Bertz CT molecular complexity index is 3370. The van der Waals surface area contributed by atoms with E-state index in [0.29, 0.717) is 17.6 Å². The third-order valence-corrected chi connectivity index (χ3v) is 10.4. The molecule has 0 N–H and O–H groups in total. The summed E-state index contributed by atoms with van der Waals surface area (Å²) in [6.07, 6.45) is 0. The van der Waals surface area contributed by atoms with Crippen molar-refractivity contribution in [1.29, 1.82) is 0 Å². The lowest BCUT2D eigenvalue weighted by atomic mass is 9.95. The van der Waals surface area contributed by atoms with Crippen LogP contribution in [0.4, 0.5) is 0 Å². The number of benzene rings is 7. The topological polar surface area (TPSA) is 69.9 Å². The Labute approximate surface area is 289 Å². The second kappa shape index (κ2) is 9.77. The van der Waals surface area contributed by atoms with Gasteiger partial charge in [0.1, 0.15) is 22.3 Å². The maximum absolute atomic E-state index is 6.57. The molecule has 0 aliphatic rings. The smallest absolute Gasteiger partial charge is 0.238 e. The molecule has 0 bridgehead atoms. The second-order valence-electron chi connectivity index (χ2n) is 13.1. The normalized spacial score (nSPS) is 12.3. The minimum absolute atomic E-state index is 0.542. The molecule has 6 nitrogen and oxygen atoms in total. The standard InChI is InChI=1S/C45H24N4O2/c1-2-11-25(12-3-1)43-46-44(31-18-10-21-35-38(31)30-15-6-7-20-34(30)50-35)48-45(47-43)49-32-19-8-16-28-26-13-4-5-14-27(26)29-17-9-22-36-40(29)42-37(51-36)24-23-33(49)41(42)39(28)32/h1-24H. The Hall–Kier alpha value is -7.05. The summed E-state index contributed by atoms with van der Waals surface area (Å²) in [5.41, 5.74) is 7.17. The molecule has 0 atom stereocenters. The van der Waals surface area contributed by atoms with E-state index in [1.165, 1.54) is 16.2 Å². The molecule has 6 heteroatoms. The zero-order valence-corrected chi connectivity index (χ0v) is 27.0. The van der Waals surface area contributed by atoms with Crippen molar-refractivity contribution in [3.63, 3.8) is 0 Å². The Morgan fingerprint density at radius 1 is 0.353 bits per heavy atom. The molecular weight excluding hydrogens is 629 g/mol. The quantitative estimate of drug-likeness (QED) is 0.190. The first-order valence-electron chi connectivity index (χ1n) is 17.0. The minimum Gasteiger partial charge on any atom is -0.456 e. The second-order valence-corrected chi connectivity index (χ2v) is 13.1. The molecule has 236 valence electrons. The van der Waals surface area contributed by atoms with Crippen molar-refractivity contribution in [2.75, 3.05) is 0 Å². The van der Waals surface area contributed by atoms with Crippen molar-refractivity contribution in [3.05, 3.63) is 146 Å². The van der Waals surface area contributed by atoms with E-state index in [-0.39, 0.29) is 0 Å². The summed E-state index contributed by atoms with van der Waals surface area (Å²) in [5.74, 6) is 1.72. The highest BCUT2D eigenvalue weighted by molar-refractivity contribution is 6.38. The molecule has 4 aromatic heterocycles. The molecule has 51 heavy (non-hydrogen) atoms. The fourth-order valence-electron chi connectivity index (χ4n) is 8.34. The summed E-state index contributed by atoms with van der Waals surface area (Å²) in [6.45, 7) is 0. The molecule has 0 aliphatic carbocycles. The highest BCUT2D eigenvalue weighted by Gasteiger charge is 2.25. The van der Waals surface area contributed by atoms with Gasteiger partial charge in [0.05, 0.1) is 11.0 Å². The Balaban J connectivity index is 1.27. The number of para-hydroxylation sites is 1. The largest absolute Gasteiger partial charge is 0.456 e. The fraction of sp³-hybridized carbons (Fsp3) is 0. The first kappa shape index (κ1) is 26.9. The van der Waals surface area contributed by atoms with Gasteiger partial charge in [0.2, 0.25) is 5.95 Å².